The van der Waals surface area contributed by atoms with E-state index in [-0.39, 0.29) is 12.1 Å². The maximum atomic E-state index is 14.1. The topological polar surface area (TPSA) is 64.3 Å². The molecule has 0 radical (unpaired) electrons. The van der Waals surface area contributed by atoms with Crippen LogP contribution in [-0.2, 0) is 6.54 Å². The lowest BCUT2D eigenvalue weighted by Crippen LogP contribution is -2.38. The van der Waals surface area contributed by atoms with E-state index in [4.69, 9.17) is 9.84 Å². The molecule has 1 atom stereocenters. The van der Waals surface area contributed by atoms with Gasteiger partial charge in [0.15, 0.2) is 0 Å². The fourth-order valence-electron chi connectivity index (χ4n) is 5.33. The van der Waals surface area contributed by atoms with Gasteiger partial charge in [0.1, 0.15) is 11.6 Å². The highest BCUT2D eigenvalue weighted by atomic mass is 16.5. The first-order valence-corrected chi connectivity index (χ1v) is 13.2. The maximum Gasteiger partial charge on any atom is 0.322 e. The van der Waals surface area contributed by atoms with Crippen molar-refractivity contribution in [3.8, 4) is 17.3 Å². The molecule has 7 nitrogen and oxygen atoms in total. The molecule has 0 fully saturated rings. The Balaban J connectivity index is 1.51. The van der Waals surface area contributed by atoms with Gasteiger partial charge in [0.05, 0.1) is 36.3 Å². The Labute approximate surface area is 228 Å². The lowest BCUT2D eigenvalue weighted by molar-refractivity contribution is 0.194. The molecule has 3 aromatic carbocycles. The van der Waals surface area contributed by atoms with Crippen LogP contribution in [0.3, 0.4) is 0 Å². The molecule has 0 bridgehead atoms. The fraction of sp³-hybridized carbons (Fsp3) is 0.188. The van der Waals surface area contributed by atoms with Gasteiger partial charge in [0, 0.05) is 17.4 Å². The summed E-state index contributed by atoms with van der Waals surface area (Å²) in [6.07, 6.45) is 2.05. The molecule has 0 saturated carbocycles. The van der Waals surface area contributed by atoms with Gasteiger partial charge in [-0.2, -0.15) is 5.10 Å². The molecule has 0 aliphatic carbocycles. The van der Waals surface area contributed by atoms with Crippen molar-refractivity contribution in [1.29, 1.82) is 0 Å². The van der Waals surface area contributed by atoms with E-state index in [9.17, 15) is 4.79 Å². The van der Waals surface area contributed by atoms with E-state index in [1.807, 2.05) is 115 Å². The molecule has 7 heteroatoms. The number of anilines is 1. The second kappa shape index (κ2) is 10.2. The van der Waals surface area contributed by atoms with Gasteiger partial charge < -0.3 is 19.5 Å². The first kappa shape index (κ1) is 24.6. The Hall–Kier alpha value is -4.78. The number of hydrogen-bond donors (Lipinski definition) is 1. The summed E-state index contributed by atoms with van der Waals surface area (Å²) in [4.78, 5) is 16.0. The van der Waals surface area contributed by atoms with E-state index in [0.717, 1.165) is 51.0 Å². The third-order valence-electron chi connectivity index (χ3n) is 7.12. The minimum Gasteiger partial charge on any atom is -0.494 e. The lowest BCUT2D eigenvalue weighted by Gasteiger charge is -2.31. The van der Waals surface area contributed by atoms with Gasteiger partial charge in [-0.25, -0.2) is 9.48 Å². The summed E-state index contributed by atoms with van der Waals surface area (Å²) < 4.78 is 9.85. The van der Waals surface area contributed by atoms with Crippen LogP contribution in [0.5, 0.6) is 5.75 Å². The molecule has 3 heterocycles. The first-order valence-electron chi connectivity index (χ1n) is 13.2. The van der Waals surface area contributed by atoms with Crippen molar-refractivity contribution >= 4 is 11.7 Å². The van der Waals surface area contributed by atoms with Crippen molar-refractivity contribution in [2.45, 2.75) is 33.4 Å². The smallest absolute Gasteiger partial charge is 0.322 e. The van der Waals surface area contributed by atoms with Gasteiger partial charge in [-0.1, -0.05) is 42.5 Å². The number of carbonyl (C=O) groups is 1. The highest BCUT2D eigenvalue weighted by Crippen LogP contribution is 2.39. The standard InChI is InChI=1S/C32H31N5O2/c1-4-39-27-17-15-24(16-18-27)30-29-14-9-19-35(29)31-28(23(3)34-37(31)26-12-6-5-7-13-26)21-36(30)32(38)33-25-11-8-10-22(2)20-25/h5-20,30H,4,21H2,1-3H3,(H,33,38). The SMILES string of the molecule is CCOc1ccc(C2c3cccn3-c3c(c(C)nn3-c3ccccc3)CN2C(=O)Nc2cccc(C)c2)cc1. The third kappa shape index (κ3) is 4.56. The largest absolute Gasteiger partial charge is 0.494 e. The molecule has 5 aromatic rings. The normalized spacial score (nSPS) is 14.3. The summed E-state index contributed by atoms with van der Waals surface area (Å²) in [6, 6.07) is 29.6. The molecule has 196 valence electrons. The van der Waals surface area contributed by atoms with Crippen LogP contribution in [0.15, 0.2) is 97.2 Å². The quantitative estimate of drug-likeness (QED) is 0.278. The minimum absolute atomic E-state index is 0.174. The van der Waals surface area contributed by atoms with Crippen LogP contribution in [0.25, 0.3) is 11.5 Å². The number of hydrogen-bond acceptors (Lipinski definition) is 3. The number of urea groups is 1. The van der Waals surface area contributed by atoms with Gasteiger partial charge in [0.25, 0.3) is 0 Å². The Bertz CT molecular complexity index is 1620. The van der Waals surface area contributed by atoms with E-state index >= 15 is 0 Å². The molecule has 0 spiro atoms. The van der Waals surface area contributed by atoms with Crippen molar-refractivity contribution in [2.75, 3.05) is 11.9 Å². The zero-order chi connectivity index (χ0) is 26.9. The number of aromatic nitrogens is 3. The highest BCUT2D eigenvalue weighted by Gasteiger charge is 2.36. The average molecular weight is 518 g/mol. The molecule has 6 rings (SSSR count). The summed E-state index contributed by atoms with van der Waals surface area (Å²) in [5.74, 6) is 1.75. The Morgan fingerprint density at radius 1 is 0.974 bits per heavy atom. The second-order valence-electron chi connectivity index (χ2n) is 9.77. The third-order valence-corrected chi connectivity index (χ3v) is 7.12. The zero-order valence-electron chi connectivity index (χ0n) is 22.3. The molecule has 1 unspecified atom stereocenters. The number of benzene rings is 3. The summed E-state index contributed by atoms with van der Waals surface area (Å²) in [7, 11) is 0. The Morgan fingerprint density at radius 3 is 2.51 bits per heavy atom. The molecule has 1 aliphatic rings. The number of nitrogens with one attached hydrogen (secondary N) is 1. The van der Waals surface area contributed by atoms with Crippen LogP contribution in [-0.4, -0.2) is 31.9 Å². The molecular formula is C32H31N5O2. The van der Waals surface area contributed by atoms with Crippen LogP contribution in [0.2, 0.25) is 0 Å². The molecule has 39 heavy (non-hydrogen) atoms. The van der Waals surface area contributed by atoms with Crippen LogP contribution in [0, 0.1) is 13.8 Å². The zero-order valence-corrected chi connectivity index (χ0v) is 22.3. The fourth-order valence-corrected chi connectivity index (χ4v) is 5.33. The number of ether oxygens (including phenoxy) is 1. The van der Waals surface area contributed by atoms with Crippen molar-refractivity contribution in [3.63, 3.8) is 0 Å². The number of aryl methyl sites for hydroxylation is 2. The summed E-state index contributed by atoms with van der Waals surface area (Å²) in [6.45, 7) is 6.99. The molecule has 2 aromatic heterocycles. The summed E-state index contributed by atoms with van der Waals surface area (Å²) in [5.41, 5.74) is 6.69. The molecule has 2 amide bonds. The van der Waals surface area contributed by atoms with Crippen LogP contribution in [0.1, 0.15) is 41.0 Å². The monoisotopic (exact) mass is 517 g/mol. The van der Waals surface area contributed by atoms with Crippen molar-refractivity contribution in [2.24, 2.45) is 0 Å². The van der Waals surface area contributed by atoms with Gasteiger partial charge in [-0.15, -0.1) is 0 Å². The molecular weight excluding hydrogens is 486 g/mol. The number of amides is 2. The van der Waals surface area contributed by atoms with E-state index in [1.165, 1.54) is 0 Å². The summed E-state index contributed by atoms with van der Waals surface area (Å²) >= 11 is 0. The average Bonchev–Trinajstić information content (AvgIpc) is 3.50. The Morgan fingerprint density at radius 2 is 1.77 bits per heavy atom. The number of fused-ring (bicyclic) bond motifs is 3. The van der Waals surface area contributed by atoms with Gasteiger partial charge in [-0.05, 0) is 80.4 Å². The predicted octanol–water partition coefficient (Wildman–Crippen LogP) is 6.82. The number of nitrogens with zero attached hydrogens (tertiary/aromatic N) is 4. The molecule has 1 aliphatic heterocycles. The van der Waals surface area contributed by atoms with E-state index < -0.39 is 0 Å². The maximum absolute atomic E-state index is 14.1. The molecule has 0 saturated heterocycles. The lowest BCUT2D eigenvalue weighted by atomic mass is 10.0. The van der Waals surface area contributed by atoms with Crippen molar-refractivity contribution in [1.82, 2.24) is 19.2 Å². The molecule has 1 N–H and O–H groups in total. The van der Waals surface area contributed by atoms with Crippen molar-refractivity contribution in [3.05, 3.63) is 125 Å². The van der Waals surface area contributed by atoms with Crippen LogP contribution >= 0.6 is 0 Å². The van der Waals surface area contributed by atoms with Gasteiger partial charge >= 0.3 is 6.03 Å². The van der Waals surface area contributed by atoms with Crippen LogP contribution < -0.4 is 10.1 Å². The van der Waals surface area contributed by atoms with Crippen LogP contribution in [0.4, 0.5) is 10.5 Å². The van der Waals surface area contributed by atoms with E-state index in [1.54, 1.807) is 0 Å². The van der Waals surface area contributed by atoms with Gasteiger partial charge in [-0.3, -0.25) is 0 Å². The predicted molar refractivity (Wildman–Crippen MR) is 153 cm³/mol. The number of carbonyl (C=O) groups excluding carboxylic acids is 1. The van der Waals surface area contributed by atoms with E-state index in [2.05, 4.69) is 22.1 Å². The summed E-state index contributed by atoms with van der Waals surface area (Å²) in [5, 5.41) is 8.07. The first-order chi connectivity index (χ1) is 19.0. The van der Waals surface area contributed by atoms with Crippen molar-refractivity contribution < 1.29 is 9.53 Å². The number of para-hydroxylation sites is 1. The van der Waals surface area contributed by atoms with Gasteiger partial charge in [0.2, 0.25) is 0 Å². The minimum atomic E-state index is -0.337. The number of rotatable bonds is 5. The van der Waals surface area contributed by atoms with E-state index in [0.29, 0.717) is 13.2 Å². The Kier molecular flexibility index (Phi) is 6.40. The second-order valence-corrected chi connectivity index (χ2v) is 9.77. The highest BCUT2D eigenvalue weighted by molar-refractivity contribution is 5.90.